The predicted octanol–water partition coefficient (Wildman–Crippen LogP) is 5.54. The van der Waals surface area contributed by atoms with Crippen LogP contribution in [-0.2, 0) is 4.79 Å². The van der Waals surface area contributed by atoms with E-state index in [2.05, 4.69) is 65.7 Å². The highest BCUT2D eigenvalue weighted by molar-refractivity contribution is 7.17. The Morgan fingerprint density at radius 2 is 1.96 bits per heavy atom. The molecule has 0 radical (unpaired) electrons. The first kappa shape index (κ1) is 19.3. The molecular weight excluding hydrogens is 358 g/mol. The van der Waals surface area contributed by atoms with Gasteiger partial charge < -0.3 is 10.4 Å². The topological polar surface area (TPSA) is 75.1 Å². The van der Waals surface area contributed by atoms with E-state index in [0.29, 0.717) is 18.2 Å². The van der Waals surface area contributed by atoms with Crippen LogP contribution in [0.1, 0.15) is 51.5 Å². The maximum Gasteiger partial charge on any atom is 0.326 e. The Labute approximate surface area is 163 Å². The number of anilines is 1. The van der Waals surface area contributed by atoms with Gasteiger partial charge in [0.15, 0.2) is 0 Å². The molecule has 0 aliphatic rings. The largest absolute Gasteiger partial charge is 0.480 e. The van der Waals surface area contributed by atoms with Gasteiger partial charge in [0.25, 0.3) is 0 Å². The minimum Gasteiger partial charge on any atom is -0.480 e. The van der Waals surface area contributed by atoms with E-state index >= 15 is 0 Å². The van der Waals surface area contributed by atoms with Crippen LogP contribution in [0.5, 0.6) is 0 Å². The molecule has 0 bridgehead atoms. The van der Waals surface area contributed by atoms with Gasteiger partial charge in [-0.25, -0.2) is 14.8 Å². The van der Waals surface area contributed by atoms with Gasteiger partial charge in [0.2, 0.25) is 0 Å². The van der Waals surface area contributed by atoms with Gasteiger partial charge in [0.05, 0.1) is 5.39 Å². The van der Waals surface area contributed by atoms with Crippen LogP contribution in [0, 0.1) is 0 Å². The molecule has 0 aliphatic carbocycles. The molecule has 0 aliphatic heterocycles. The second-order valence-corrected chi connectivity index (χ2v) is 7.86. The zero-order chi connectivity index (χ0) is 19.4. The van der Waals surface area contributed by atoms with Crippen molar-refractivity contribution in [3.63, 3.8) is 0 Å². The summed E-state index contributed by atoms with van der Waals surface area (Å²) in [5.41, 5.74) is 3.41. The summed E-state index contributed by atoms with van der Waals surface area (Å²) >= 11 is 1.55. The SMILES string of the molecule is CCCCC(Nc1ncnc2scc(-c3ccc(C(C)C)cc3)c12)C(=O)O. The molecule has 1 unspecified atom stereocenters. The number of thiophene rings is 1. The van der Waals surface area contributed by atoms with Crippen molar-refractivity contribution in [3.05, 3.63) is 41.5 Å². The lowest BCUT2D eigenvalue weighted by atomic mass is 9.99. The van der Waals surface area contributed by atoms with Crippen molar-refractivity contribution in [1.82, 2.24) is 9.97 Å². The number of fused-ring (bicyclic) bond motifs is 1. The summed E-state index contributed by atoms with van der Waals surface area (Å²) in [5, 5.41) is 15.6. The molecule has 3 rings (SSSR count). The third-order valence-corrected chi connectivity index (χ3v) is 5.60. The molecule has 5 nitrogen and oxygen atoms in total. The van der Waals surface area contributed by atoms with Crippen LogP contribution in [0.2, 0.25) is 0 Å². The highest BCUT2D eigenvalue weighted by Crippen LogP contribution is 2.37. The fourth-order valence-electron chi connectivity index (χ4n) is 3.08. The van der Waals surface area contributed by atoms with E-state index < -0.39 is 12.0 Å². The van der Waals surface area contributed by atoms with Gasteiger partial charge in [-0.05, 0) is 23.5 Å². The summed E-state index contributed by atoms with van der Waals surface area (Å²) in [6.07, 6.45) is 3.87. The fraction of sp³-hybridized carbons (Fsp3) is 0.381. The Kier molecular flexibility index (Phi) is 6.06. The van der Waals surface area contributed by atoms with Gasteiger partial charge in [0, 0.05) is 10.9 Å². The monoisotopic (exact) mass is 383 g/mol. The van der Waals surface area contributed by atoms with Gasteiger partial charge in [-0.15, -0.1) is 11.3 Å². The summed E-state index contributed by atoms with van der Waals surface area (Å²) in [7, 11) is 0. The van der Waals surface area contributed by atoms with Crippen molar-refractivity contribution in [2.75, 3.05) is 5.32 Å². The van der Waals surface area contributed by atoms with E-state index in [-0.39, 0.29) is 0 Å². The number of benzene rings is 1. The number of nitrogens with zero attached hydrogens (tertiary/aromatic N) is 2. The maximum absolute atomic E-state index is 11.6. The molecule has 6 heteroatoms. The van der Waals surface area contributed by atoms with Gasteiger partial charge in [0.1, 0.15) is 23.0 Å². The Morgan fingerprint density at radius 1 is 1.22 bits per heavy atom. The van der Waals surface area contributed by atoms with Crippen LogP contribution in [-0.4, -0.2) is 27.1 Å². The number of nitrogens with one attached hydrogen (secondary N) is 1. The molecule has 142 valence electrons. The van der Waals surface area contributed by atoms with Crippen LogP contribution in [0.3, 0.4) is 0 Å². The van der Waals surface area contributed by atoms with Crippen molar-refractivity contribution < 1.29 is 9.90 Å². The first-order valence-electron chi connectivity index (χ1n) is 9.33. The standard InChI is InChI=1S/C21H25N3O2S/c1-4-5-6-17(21(25)26)24-19-18-16(11-27-20(18)23-12-22-19)15-9-7-14(8-10-15)13(2)3/h7-13,17H,4-6H2,1-3H3,(H,25,26)(H,22,23,24). The molecule has 3 aromatic rings. The molecule has 1 atom stereocenters. The average molecular weight is 384 g/mol. The molecule has 0 saturated heterocycles. The smallest absolute Gasteiger partial charge is 0.326 e. The number of carboxylic acid groups (broad SMARTS) is 1. The first-order valence-corrected chi connectivity index (χ1v) is 10.2. The lowest BCUT2D eigenvalue weighted by Crippen LogP contribution is -2.29. The molecule has 0 amide bonds. The van der Waals surface area contributed by atoms with Gasteiger partial charge in [-0.2, -0.15) is 0 Å². The summed E-state index contributed by atoms with van der Waals surface area (Å²) in [5.74, 6) is 0.217. The number of aliphatic carboxylic acids is 1. The zero-order valence-electron chi connectivity index (χ0n) is 15.9. The minimum atomic E-state index is -0.853. The van der Waals surface area contributed by atoms with Crippen molar-refractivity contribution in [2.24, 2.45) is 0 Å². The molecule has 2 N–H and O–H groups in total. The van der Waals surface area contributed by atoms with Crippen molar-refractivity contribution >= 4 is 33.3 Å². The number of hydrogen-bond donors (Lipinski definition) is 2. The Hall–Kier alpha value is -2.47. The van der Waals surface area contributed by atoms with E-state index in [1.807, 2.05) is 0 Å². The normalized spacial score (nSPS) is 12.4. The zero-order valence-corrected chi connectivity index (χ0v) is 16.7. The van der Waals surface area contributed by atoms with Crippen LogP contribution in [0.15, 0.2) is 36.0 Å². The molecule has 27 heavy (non-hydrogen) atoms. The number of unbranched alkanes of at least 4 members (excludes halogenated alkanes) is 1. The quantitative estimate of drug-likeness (QED) is 0.534. The number of rotatable bonds is 8. The van der Waals surface area contributed by atoms with Crippen molar-refractivity contribution in [2.45, 2.75) is 52.0 Å². The van der Waals surface area contributed by atoms with Gasteiger partial charge in [-0.1, -0.05) is 57.9 Å². The number of carbonyl (C=O) groups is 1. The van der Waals surface area contributed by atoms with Crippen molar-refractivity contribution in [1.29, 1.82) is 0 Å². The van der Waals surface area contributed by atoms with Gasteiger partial charge >= 0.3 is 5.97 Å². The average Bonchev–Trinajstić information content (AvgIpc) is 3.10. The molecule has 0 saturated carbocycles. The minimum absolute atomic E-state index is 0.480. The van der Waals surface area contributed by atoms with Crippen LogP contribution in [0.25, 0.3) is 21.3 Å². The summed E-state index contributed by atoms with van der Waals surface area (Å²) in [6, 6.07) is 7.85. The summed E-state index contributed by atoms with van der Waals surface area (Å²) in [6.45, 7) is 6.40. The van der Waals surface area contributed by atoms with E-state index in [9.17, 15) is 9.90 Å². The van der Waals surface area contributed by atoms with Crippen LogP contribution in [0.4, 0.5) is 5.82 Å². The molecule has 0 fully saturated rings. The number of hydrogen-bond acceptors (Lipinski definition) is 5. The molecular formula is C21H25N3O2S. The highest BCUT2D eigenvalue weighted by Gasteiger charge is 2.20. The molecule has 1 aromatic carbocycles. The van der Waals surface area contributed by atoms with E-state index in [1.54, 1.807) is 11.3 Å². The molecule has 2 aromatic heterocycles. The summed E-state index contributed by atoms with van der Waals surface area (Å²) in [4.78, 5) is 21.2. The Morgan fingerprint density at radius 3 is 2.59 bits per heavy atom. The number of aromatic nitrogens is 2. The molecule has 0 spiro atoms. The lowest BCUT2D eigenvalue weighted by molar-refractivity contribution is -0.138. The Bertz CT molecular complexity index is 919. The van der Waals surface area contributed by atoms with E-state index in [0.717, 1.165) is 34.2 Å². The van der Waals surface area contributed by atoms with E-state index in [1.165, 1.54) is 11.9 Å². The second kappa shape index (κ2) is 8.48. The maximum atomic E-state index is 11.6. The second-order valence-electron chi connectivity index (χ2n) is 7.01. The lowest BCUT2D eigenvalue weighted by Gasteiger charge is -2.16. The third-order valence-electron chi connectivity index (χ3n) is 4.71. The fourth-order valence-corrected chi connectivity index (χ4v) is 3.99. The van der Waals surface area contributed by atoms with Crippen LogP contribution < -0.4 is 5.32 Å². The van der Waals surface area contributed by atoms with E-state index in [4.69, 9.17) is 0 Å². The highest BCUT2D eigenvalue weighted by atomic mass is 32.1. The summed E-state index contributed by atoms with van der Waals surface area (Å²) < 4.78 is 0. The van der Waals surface area contributed by atoms with Gasteiger partial charge in [-0.3, -0.25) is 0 Å². The number of carboxylic acids is 1. The molecule has 2 heterocycles. The van der Waals surface area contributed by atoms with Crippen LogP contribution >= 0.6 is 11.3 Å². The van der Waals surface area contributed by atoms with Crippen molar-refractivity contribution in [3.8, 4) is 11.1 Å². The third kappa shape index (κ3) is 4.27. The predicted molar refractivity (Wildman–Crippen MR) is 112 cm³/mol. The Balaban J connectivity index is 2.00. The first-order chi connectivity index (χ1) is 13.0.